The minimum absolute atomic E-state index is 0. The first-order chi connectivity index (χ1) is 10.9. The van der Waals surface area contributed by atoms with Crippen molar-refractivity contribution in [2.45, 2.75) is 26.9 Å². The molecule has 2 rings (SSSR count). The van der Waals surface area contributed by atoms with E-state index in [4.69, 9.17) is 5.11 Å². The number of carbonyl (C=O) groups excluding carboxylic acids is 3. The number of hydrogen-bond acceptors (Lipinski definition) is 4. The van der Waals surface area contributed by atoms with Crippen molar-refractivity contribution in [3.63, 3.8) is 0 Å². The van der Waals surface area contributed by atoms with Gasteiger partial charge >= 0.3 is 0 Å². The normalized spacial score (nSPS) is 14.3. The number of allylic oxidation sites excluding steroid dienone is 1. The molecule has 0 saturated heterocycles. The molecule has 126 valence electrons. The van der Waals surface area contributed by atoms with Crippen LogP contribution in [0.3, 0.4) is 0 Å². The van der Waals surface area contributed by atoms with E-state index in [0.29, 0.717) is 5.57 Å². The van der Waals surface area contributed by atoms with Crippen molar-refractivity contribution in [2.75, 3.05) is 0 Å². The molecule has 3 amide bonds. The van der Waals surface area contributed by atoms with Gasteiger partial charge in [0.25, 0.3) is 11.8 Å². The quantitative estimate of drug-likeness (QED) is 0.385. The number of imide groups is 1. The maximum atomic E-state index is 11.9. The van der Waals surface area contributed by atoms with Crippen LogP contribution in [0, 0.1) is 0 Å². The summed E-state index contributed by atoms with van der Waals surface area (Å²) in [5, 5.41) is 12.8. The minimum atomic E-state index is -0.514. The standard InChI is InChI=1S/C17H18N2O4.W/c1-11-6-16(22)19(17(11)23)10-14-5-3-4-13(8-14)9-18-15(21)7-12(2)20;/h3-8H,9-10H2,1-2H3,(H2,18,20,21);/p-1. The maximum absolute atomic E-state index is 11.9. The summed E-state index contributed by atoms with van der Waals surface area (Å²) in [6.07, 6.45) is 2.36. The Hall–Kier alpha value is -2.20. The van der Waals surface area contributed by atoms with Gasteiger partial charge in [0.1, 0.15) is 0 Å². The first kappa shape index (κ1) is 19.8. The number of aliphatic hydroxyl groups excluding tert-OH is 1. The van der Waals surface area contributed by atoms with Gasteiger partial charge in [0.15, 0.2) is 0 Å². The third-order valence-corrected chi connectivity index (χ3v) is 3.27. The Morgan fingerprint density at radius 3 is 2.54 bits per heavy atom. The SMILES string of the molecule is CC1=CC(=O)N(Cc2cccc(C[N-]C(=O)/C=C(/C)O)c2)C1=O.[W]. The van der Waals surface area contributed by atoms with E-state index in [-0.39, 0.29) is 51.7 Å². The second kappa shape index (κ2) is 8.59. The molecule has 0 aromatic heterocycles. The first-order valence-electron chi connectivity index (χ1n) is 7.07. The molecule has 24 heavy (non-hydrogen) atoms. The van der Waals surface area contributed by atoms with Crippen LogP contribution in [0.1, 0.15) is 25.0 Å². The molecule has 7 heteroatoms. The molecule has 1 aromatic rings. The summed E-state index contributed by atoms with van der Waals surface area (Å²) in [7, 11) is 0. The molecule has 0 radical (unpaired) electrons. The summed E-state index contributed by atoms with van der Waals surface area (Å²) >= 11 is 0. The van der Waals surface area contributed by atoms with Crippen LogP contribution in [0.15, 0.2) is 47.7 Å². The Kier molecular flexibility index (Phi) is 7.11. The molecule has 0 saturated carbocycles. The fraction of sp³-hybridized carbons (Fsp3) is 0.235. The molecule has 1 aromatic carbocycles. The summed E-state index contributed by atoms with van der Waals surface area (Å²) in [5.41, 5.74) is 1.99. The number of carbonyl (C=O) groups is 3. The zero-order valence-electron chi connectivity index (χ0n) is 13.4. The van der Waals surface area contributed by atoms with Crippen LogP contribution in [0.4, 0.5) is 0 Å². The van der Waals surface area contributed by atoms with Gasteiger partial charge < -0.3 is 15.2 Å². The van der Waals surface area contributed by atoms with Crippen LogP contribution in [0.5, 0.6) is 0 Å². The average Bonchev–Trinajstić information content (AvgIpc) is 2.71. The van der Waals surface area contributed by atoms with Crippen LogP contribution in [-0.4, -0.2) is 27.7 Å². The van der Waals surface area contributed by atoms with Crippen molar-refractivity contribution in [3.8, 4) is 0 Å². The smallest absolute Gasteiger partial charge is 0.256 e. The summed E-state index contributed by atoms with van der Waals surface area (Å²) in [5.74, 6) is -1.22. The van der Waals surface area contributed by atoms with E-state index in [1.807, 2.05) is 0 Å². The summed E-state index contributed by atoms with van der Waals surface area (Å²) in [6.45, 7) is 3.35. The maximum Gasteiger partial charge on any atom is 0.256 e. The van der Waals surface area contributed by atoms with Gasteiger partial charge in [0.05, 0.1) is 18.2 Å². The molecule has 1 aliphatic heterocycles. The van der Waals surface area contributed by atoms with Crippen LogP contribution in [0.2, 0.25) is 0 Å². The fourth-order valence-electron chi connectivity index (χ4n) is 2.19. The van der Waals surface area contributed by atoms with Gasteiger partial charge in [-0.3, -0.25) is 14.5 Å². The average molecular weight is 497 g/mol. The molecule has 0 unspecified atom stereocenters. The number of nitrogens with zero attached hydrogens (tertiary/aromatic N) is 2. The second-order valence-corrected chi connectivity index (χ2v) is 5.32. The Morgan fingerprint density at radius 1 is 1.29 bits per heavy atom. The number of rotatable bonds is 5. The first-order valence-corrected chi connectivity index (χ1v) is 7.07. The van der Waals surface area contributed by atoms with Gasteiger partial charge in [-0.25, -0.2) is 0 Å². The van der Waals surface area contributed by atoms with E-state index in [9.17, 15) is 14.4 Å². The number of aliphatic hydroxyl groups is 1. The van der Waals surface area contributed by atoms with E-state index in [1.165, 1.54) is 17.9 Å². The van der Waals surface area contributed by atoms with Crippen molar-refractivity contribution in [1.29, 1.82) is 0 Å². The van der Waals surface area contributed by atoms with Crippen molar-refractivity contribution < 1.29 is 40.6 Å². The van der Waals surface area contributed by atoms with Gasteiger partial charge in [-0.15, -0.1) is 6.54 Å². The van der Waals surface area contributed by atoms with Gasteiger partial charge in [-0.1, -0.05) is 29.8 Å². The molecular formula is C17H17N2O4W-. The molecule has 6 nitrogen and oxygen atoms in total. The Bertz CT molecular complexity index is 721. The summed E-state index contributed by atoms with van der Waals surface area (Å²) < 4.78 is 0. The van der Waals surface area contributed by atoms with Gasteiger partial charge in [0.2, 0.25) is 0 Å². The molecule has 1 heterocycles. The topological polar surface area (TPSA) is 88.8 Å². The summed E-state index contributed by atoms with van der Waals surface area (Å²) in [4.78, 5) is 36.2. The van der Waals surface area contributed by atoms with Gasteiger partial charge in [-0.05, 0) is 25.5 Å². The van der Waals surface area contributed by atoms with E-state index >= 15 is 0 Å². The Labute approximate surface area is 154 Å². The zero-order chi connectivity index (χ0) is 17.0. The van der Waals surface area contributed by atoms with Gasteiger partial charge in [0, 0.05) is 32.7 Å². The molecule has 0 fully saturated rings. The largest absolute Gasteiger partial charge is 0.646 e. The van der Waals surface area contributed by atoms with Crippen LogP contribution >= 0.6 is 0 Å². The molecule has 0 spiro atoms. The number of hydrogen-bond donors (Lipinski definition) is 1. The monoisotopic (exact) mass is 497 g/mol. The van der Waals surface area contributed by atoms with E-state index < -0.39 is 5.91 Å². The molecule has 1 N–H and O–H groups in total. The van der Waals surface area contributed by atoms with E-state index in [2.05, 4.69) is 5.32 Å². The van der Waals surface area contributed by atoms with Crippen LogP contribution < -0.4 is 0 Å². The Morgan fingerprint density at radius 2 is 1.96 bits per heavy atom. The molecule has 1 aliphatic rings. The Balaban J connectivity index is 0.00000288. The third kappa shape index (κ3) is 5.17. The minimum Gasteiger partial charge on any atom is -0.646 e. The number of benzene rings is 1. The second-order valence-electron chi connectivity index (χ2n) is 5.32. The van der Waals surface area contributed by atoms with Crippen molar-refractivity contribution >= 4 is 17.7 Å². The fourth-order valence-corrected chi connectivity index (χ4v) is 2.19. The third-order valence-electron chi connectivity index (χ3n) is 3.27. The van der Waals surface area contributed by atoms with Crippen LogP contribution in [0.25, 0.3) is 5.32 Å². The van der Waals surface area contributed by atoms with Crippen molar-refractivity contribution in [2.24, 2.45) is 0 Å². The predicted molar refractivity (Wildman–Crippen MR) is 84.2 cm³/mol. The van der Waals surface area contributed by atoms with E-state index in [1.54, 1.807) is 31.2 Å². The number of amides is 3. The molecular weight excluding hydrogens is 480 g/mol. The summed E-state index contributed by atoms with van der Waals surface area (Å²) in [6, 6.07) is 7.17. The van der Waals surface area contributed by atoms with Crippen LogP contribution in [-0.2, 0) is 48.5 Å². The predicted octanol–water partition coefficient (Wildman–Crippen LogP) is 2.36. The molecule has 0 bridgehead atoms. The van der Waals surface area contributed by atoms with E-state index in [0.717, 1.165) is 17.2 Å². The van der Waals surface area contributed by atoms with Gasteiger partial charge in [-0.2, -0.15) is 0 Å². The van der Waals surface area contributed by atoms with Crippen molar-refractivity contribution in [3.05, 3.63) is 64.2 Å². The zero-order valence-corrected chi connectivity index (χ0v) is 16.3. The van der Waals surface area contributed by atoms with Crippen molar-refractivity contribution in [1.82, 2.24) is 4.90 Å². The molecule has 0 aliphatic carbocycles. The molecule has 0 atom stereocenters.